The number of amides is 1. The number of benzene rings is 1. The van der Waals surface area contributed by atoms with Crippen molar-refractivity contribution in [2.75, 3.05) is 6.54 Å². The first kappa shape index (κ1) is 12.9. The Labute approximate surface area is 108 Å². The van der Waals surface area contributed by atoms with Crippen molar-refractivity contribution in [2.24, 2.45) is 5.73 Å². The first-order valence-electron chi connectivity index (χ1n) is 6.49. The Bertz CT molecular complexity index is 395. The Hall–Kier alpha value is -1.55. The summed E-state index contributed by atoms with van der Waals surface area (Å²) in [6, 6.07) is 7.82. The van der Waals surface area contributed by atoms with E-state index >= 15 is 0 Å². The molecule has 0 radical (unpaired) electrons. The number of nitrogens with two attached hydrogens (primary N) is 1. The van der Waals surface area contributed by atoms with Gasteiger partial charge in [-0.3, -0.25) is 4.79 Å². The predicted molar refractivity (Wildman–Crippen MR) is 70.5 cm³/mol. The molecule has 2 atom stereocenters. The summed E-state index contributed by atoms with van der Waals surface area (Å²) < 4.78 is 5.64. The summed E-state index contributed by atoms with van der Waals surface area (Å²) in [5.74, 6) is 0.757. The number of hydrogen-bond acceptors (Lipinski definition) is 3. The maximum atomic E-state index is 12.1. The van der Waals surface area contributed by atoms with Gasteiger partial charge in [-0.05, 0) is 18.1 Å². The number of rotatable bonds is 5. The molecule has 4 heteroatoms. The molecule has 0 aromatic heterocycles. The Balaban J connectivity index is 1.92. The van der Waals surface area contributed by atoms with Gasteiger partial charge >= 0.3 is 0 Å². The Morgan fingerprint density at radius 1 is 1.56 bits per heavy atom. The van der Waals surface area contributed by atoms with Crippen LogP contribution in [0.4, 0.5) is 0 Å². The number of para-hydroxylation sites is 1. The lowest BCUT2D eigenvalue weighted by Gasteiger charge is -2.18. The quantitative estimate of drug-likeness (QED) is 0.824. The van der Waals surface area contributed by atoms with Gasteiger partial charge in [-0.2, -0.15) is 0 Å². The highest BCUT2D eigenvalue weighted by molar-refractivity contribution is 5.82. The monoisotopic (exact) mass is 248 g/mol. The number of carbonyl (C=O) groups is 1. The average Bonchev–Trinajstić information content (AvgIpc) is 2.82. The van der Waals surface area contributed by atoms with Crippen molar-refractivity contribution in [1.82, 2.24) is 5.32 Å². The van der Waals surface area contributed by atoms with Crippen LogP contribution in [0, 0.1) is 0 Å². The molecule has 0 fully saturated rings. The molecular weight excluding hydrogens is 228 g/mol. The van der Waals surface area contributed by atoms with E-state index in [0.29, 0.717) is 13.0 Å². The van der Waals surface area contributed by atoms with E-state index < -0.39 is 6.10 Å². The first-order valence-corrected chi connectivity index (χ1v) is 6.49. The van der Waals surface area contributed by atoms with Gasteiger partial charge in [0.15, 0.2) is 6.10 Å². The van der Waals surface area contributed by atoms with Gasteiger partial charge < -0.3 is 15.8 Å². The van der Waals surface area contributed by atoms with Crippen LogP contribution in [0.3, 0.4) is 0 Å². The molecule has 98 valence electrons. The fraction of sp³-hybridized carbons (Fsp3) is 0.500. The van der Waals surface area contributed by atoms with Crippen molar-refractivity contribution in [1.29, 1.82) is 0 Å². The third-order valence-corrected chi connectivity index (χ3v) is 3.21. The van der Waals surface area contributed by atoms with Crippen LogP contribution in [0.2, 0.25) is 0 Å². The van der Waals surface area contributed by atoms with E-state index in [0.717, 1.165) is 24.2 Å². The minimum absolute atomic E-state index is 0.0508. The van der Waals surface area contributed by atoms with Gasteiger partial charge in [0, 0.05) is 19.0 Å². The molecule has 0 saturated carbocycles. The molecule has 4 nitrogen and oxygen atoms in total. The fourth-order valence-corrected chi connectivity index (χ4v) is 2.22. The maximum Gasteiger partial charge on any atom is 0.261 e. The van der Waals surface area contributed by atoms with E-state index in [9.17, 15) is 4.79 Å². The summed E-state index contributed by atoms with van der Waals surface area (Å²) in [7, 11) is 0. The zero-order valence-electron chi connectivity index (χ0n) is 10.7. The third kappa shape index (κ3) is 2.82. The first-order chi connectivity index (χ1) is 8.74. The molecular formula is C14H20N2O2. The summed E-state index contributed by atoms with van der Waals surface area (Å²) in [5.41, 5.74) is 6.73. The predicted octanol–water partition coefficient (Wildman–Crippen LogP) is 1.23. The second-order valence-corrected chi connectivity index (χ2v) is 4.65. The fourth-order valence-electron chi connectivity index (χ4n) is 2.22. The molecule has 0 aliphatic carbocycles. The lowest BCUT2D eigenvalue weighted by molar-refractivity contribution is -0.127. The maximum absolute atomic E-state index is 12.1. The number of nitrogens with one attached hydrogen (secondary N) is 1. The molecule has 2 rings (SSSR count). The van der Waals surface area contributed by atoms with E-state index in [4.69, 9.17) is 10.5 Å². The largest absolute Gasteiger partial charge is 0.480 e. The Kier molecular flexibility index (Phi) is 4.20. The summed E-state index contributed by atoms with van der Waals surface area (Å²) in [5, 5.41) is 2.96. The van der Waals surface area contributed by atoms with Crippen molar-refractivity contribution in [2.45, 2.75) is 38.3 Å². The van der Waals surface area contributed by atoms with E-state index in [2.05, 4.69) is 12.2 Å². The molecule has 0 saturated heterocycles. The van der Waals surface area contributed by atoms with E-state index in [1.165, 1.54) is 0 Å². The van der Waals surface area contributed by atoms with Crippen LogP contribution in [0.15, 0.2) is 24.3 Å². The van der Waals surface area contributed by atoms with Crippen LogP contribution in [-0.4, -0.2) is 24.6 Å². The zero-order valence-corrected chi connectivity index (χ0v) is 10.7. The van der Waals surface area contributed by atoms with Crippen molar-refractivity contribution >= 4 is 5.91 Å². The molecule has 18 heavy (non-hydrogen) atoms. The minimum atomic E-state index is -0.409. The summed E-state index contributed by atoms with van der Waals surface area (Å²) in [4.78, 5) is 12.1. The Morgan fingerprint density at radius 3 is 3.00 bits per heavy atom. The number of ether oxygens (including phenoxy) is 1. The van der Waals surface area contributed by atoms with Gasteiger partial charge in [-0.25, -0.2) is 0 Å². The minimum Gasteiger partial charge on any atom is -0.480 e. The number of fused-ring (bicyclic) bond motifs is 1. The molecule has 0 bridgehead atoms. The topological polar surface area (TPSA) is 64.3 Å². The van der Waals surface area contributed by atoms with Crippen molar-refractivity contribution in [3.8, 4) is 5.75 Å². The summed E-state index contributed by atoms with van der Waals surface area (Å²) in [6.07, 6.45) is 2.15. The number of carbonyl (C=O) groups excluding carboxylic acids is 1. The van der Waals surface area contributed by atoms with E-state index in [1.807, 2.05) is 24.3 Å². The van der Waals surface area contributed by atoms with E-state index in [1.54, 1.807) is 0 Å². The molecule has 1 aromatic rings. The summed E-state index contributed by atoms with van der Waals surface area (Å²) >= 11 is 0. The van der Waals surface area contributed by atoms with Gasteiger partial charge in [-0.15, -0.1) is 0 Å². The molecule has 2 unspecified atom stereocenters. The summed E-state index contributed by atoms with van der Waals surface area (Å²) in [6.45, 7) is 2.55. The van der Waals surface area contributed by atoms with E-state index in [-0.39, 0.29) is 11.9 Å². The van der Waals surface area contributed by atoms with Crippen molar-refractivity contribution in [3.05, 3.63) is 29.8 Å². The van der Waals surface area contributed by atoms with Crippen LogP contribution in [0.25, 0.3) is 0 Å². The lowest BCUT2D eigenvalue weighted by atomic mass is 10.1. The zero-order chi connectivity index (χ0) is 13.0. The van der Waals surface area contributed by atoms with Gasteiger partial charge in [0.05, 0.1) is 0 Å². The molecule has 1 heterocycles. The molecule has 1 aliphatic rings. The van der Waals surface area contributed by atoms with Gasteiger partial charge in [0.25, 0.3) is 5.91 Å². The average molecular weight is 248 g/mol. The normalized spacial score (nSPS) is 18.9. The van der Waals surface area contributed by atoms with Crippen molar-refractivity contribution < 1.29 is 9.53 Å². The van der Waals surface area contributed by atoms with Crippen LogP contribution < -0.4 is 15.8 Å². The second-order valence-electron chi connectivity index (χ2n) is 4.65. The smallest absolute Gasteiger partial charge is 0.261 e. The highest BCUT2D eigenvalue weighted by Crippen LogP contribution is 2.28. The van der Waals surface area contributed by atoms with Gasteiger partial charge in [-0.1, -0.05) is 31.5 Å². The molecule has 1 amide bonds. The van der Waals surface area contributed by atoms with Gasteiger partial charge in [0.1, 0.15) is 5.75 Å². The third-order valence-electron chi connectivity index (χ3n) is 3.21. The molecule has 1 aromatic carbocycles. The SMILES string of the molecule is CCCC(CN)NC(=O)C1Cc2ccccc2O1. The Morgan fingerprint density at radius 2 is 2.33 bits per heavy atom. The van der Waals surface area contributed by atoms with Crippen LogP contribution in [0.1, 0.15) is 25.3 Å². The second kappa shape index (κ2) is 5.87. The standard InChI is InChI=1S/C14H20N2O2/c1-2-5-11(9-15)16-14(17)13-8-10-6-3-4-7-12(10)18-13/h3-4,6-7,11,13H,2,5,8-9,15H2,1H3,(H,16,17). The lowest BCUT2D eigenvalue weighted by Crippen LogP contribution is -2.46. The molecule has 0 spiro atoms. The van der Waals surface area contributed by atoms with Crippen LogP contribution in [-0.2, 0) is 11.2 Å². The molecule has 1 aliphatic heterocycles. The highest BCUT2D eigenvalue weighted by Gasteiger charge is 2.29. The molecule has 3 N–H and O–H groups in total. The van der Waals surface area contributed by atoms with Crippen LogP contribution >= 0.6 is 0 Å². The van der Waals surface area contributed by atoms with Gasteiger partial charge in [0.2, 0.25) is 0 Å². The highest BCUT2D eigenvalue weighted by atomic mass is 16.5. The van der Waals surface area contributed by atoms with Crippen LogP contribution in [0.5, 0.6) is 5.75 Å². The number of hydrogen-bond donors (Lipinski definition) is 2. The van der Waals surface area contributed by atoms with Crippen molar-refractivity contribution in [3.63, 3.8) is 0 Å².